The second-order valence-electron chi connectivity index (χ2n) is 2.69. The molecule has 5 heteroatoms. The van der Waals surface area contributed by atoms with E-state index in [0.29, 0.717) is 0 Å². The van der Waals surface area contributed by atoms with E-state index in [0.717, 1.165) is 20.9 Å². The van der Waals surface area contributed by atoms with Gasteiger partial charge in [-0.05, 0) is 35.6 Å². The molecule has 4 nitrogen and oxygen atoms in total. The SMILES string of the molecule is Cc1nccc2nc(I)c(CO)n12. The maximum absolute atomic E-state index is 9.14. The fourth-order valence-corrected chi connectivity index (χ4v) is 1.98. The number of halogens is 1. The van der Waals surface area contributed by atoms with Gasteiger partial charge in [-0.15, -0.1) is 0 Å². The lowest BCUT2D eigenvalue weighted by molar-refractivity contribution is 0.274. The second kappa shape index (κ2) is 3.22. The summed E-state index contributed by atoms with van der Waals surface area (Å²) in [5, 5.41) is 9.14. The summed E-state index contributed by atoms with van der Waals surface area (Å²) in [6.07, 6.45) is 1.72. The number of aromatic nitrogens is 3. The average Bonchev–Trinajstić information content (AvgIpc) is 2.42. The summed E-state index contributed by atoms with van der Waals surface area (Å²) < 4.78 is 2.69. The monoisotopic (exact) mass is 289 g/mol. The predicted molar refractivity (Wildman–Crippen MR) is 56.4 cm³/mol. The Bertz CT molecular complexity index is 452. The lowest BCUT2D eigenvalue weighted by Gasteiger charge is -2.00. The Morgan fingerprint density at radius 3 is 3.08 bits per heavy atom. The summed E-state index contributed by atoms with van der Waals surface area (Å²) in [5.41, 5.74) is 1.64. The van der Waals surface area contributed by atoms with E-state index < -0.39 is 0 Å². The van der Waals surface area contributed by atoms with Crippen LogP contribution >= 0.6 is 22.6 Å². The minimum atomic E-state index is -0.00796. The van der Waals surface area contributed by atoms with Crippen molar-refractivity contribution >= 4 is 28.2 Å². The van der Waals surface area contributed by atoms with E-state index in [2.05, 4.69) is 32.6 Å². The van der Waals surface area contributed by atoms with Crippen LogP contribution in [-0.4, -0.2) is 19.5 Å². The van der Waals surface area contributed by atoms with Crippen molar-refractivity contribution in [2.75, 3.05) is 0 Å². The van der Waals surface area contributed by atoms with Crippen LogP contribution in [0, 0.1) is 10.6 Å². The van der Waals surface area contributed by atoms with Gasteiger partial charge in [-0.25, -0.2) is 9.97 Å². The van der Waals surface area contributed by atoms with Gasteiger partial charge >= 0.3 is 0 Å². The molecule has 13 heavy (non-hydrogen) atoms. The molecule has 0 aromatic carbocycles. The van der Waals surface area contributed by atoms with Crippen LogP contribution in [0.1, 0.15) is 11.5 Å². The van der Waals surface area contributed by atoms with Crippen LogP contribution in [0.15, 0.2) is 12.3 Å². The van der Waals surface area contributed by atoms with E-state index in [1.807, 2.05) is 17.4 Å². The Morgan fingerprint density at radius 1 is 1.62 bits per heavy atom. The topological polar surface area (TPSA) is 50.4 Å². The summed E-state index contributed by atoms with van der Waals surface area (Å²) in [6.45, 7) is 1.88. The normalized spacial score (nSPS) is 11.0. The third-order valence-corrected chi connectivity index (χ3v) is 2.77. The van der Waals surface area contributed by atoms with Crippen molar-refractivity contribution in [1.82, 2.24) is 14.4 Å². The Balaban J connectivity index is 2.88. The molecule has 0 amide bonds. The summed E-state index contributed by atoms with van der Waals surface area (Å²) in [6, 6.07) is 1.83. The van der Waals surface area contributed by atoms with E-state index in [4.69, 9.17) is 5.11 Å². The predicted octanol–water partition coefficient (Wildman–Crippen LogP) is 1.13. The highest BCUT2D eigenvalue weighted by atomic mass is 127. The summed E-state index contributed by atoms with van der Waals surface area (Å²) >= 11 is 2.11. The highest BCUT2D eigenvalue weighted by molar-refractivity contribution is 14.1. The van der Waals surface area contributed by atoms with Gasteiger partial charge in [0.05, 0.1) is 12.3 Å². The highest BCUT2D eigenvalue weighted by Crippen LogP contribution is 2.15. The maximum Gasteiger partial charge on any atom is 0.141 e. The Hall–Kier alpha value is -0.690. The molecule has 0 atom stereocenters. The number of aliphatic hydroxyl groups is 1. The molecule has 2 rings (SSSR count). The van der Waals surface area contributed by atoms with E-state index in [9.17, 15) is 0 Å². The van der Waals surface area contributed by atoms with Gasteiger partial charge in [0.1, 0.15) is 15.2 Å². The number of hydrogen-bond acceptors (Lipinski definition) is 3. The molecular formula is C8H8IN3O. The summed E-state index contributed by atoms with van der Waals surface area (Å²) in [7, 11) is 0. The first-order valence-electron chi connectivity index (χ1n) is 3.83. The zero-order valence-corrected chi connectivity index (χ0v) is 9.19. The molecule has 0 unspecified atom stereocenters. The van der Waals surface area contributed by atoms with Crippen molar-refractivity contribution in [3.63, 3.8) is 0 Å². The van der Waals surface area contributed by atoms with Crippen LogP contribution in [0.5, 0.6) is 0 Å². The molecule has 2 aromatic heterocycles. The van der Waals surface area contributed by atoms with Crippen LogP contribution in [0.2, 0.25) is 0 Å². The van der Waals surface area contributed by atoms with Crippen LogP contribution in [0.3, 0.4) is 0 Å². The first-order valence-corrected chi connectivity index (χ1v) is 4.91. The quantitative estimate of drug-likeness (QED) is 0.801. The number of imidazole rings is 1. The zero-order valence-electron chi connectivity index (χ0n) is 7.03. The van der Waals surface area contributed by atoms with Crippen molar-refractivity contribution in [1.29, 1.82) is 0 Å². The van der Waals surface area contributed by atoms with E-state index >= 15 is 0 Å². The molecule has 68 valence electrons. The first kappa shape index (κ1) is 8.89. The van der Waals surface area contributed by atoms with Gasteiger partial charge in [-0.1, -0.05) is 0 Å². The minimum Gasteiger partial charge on any atom is -0.390 e. The molecule has 0 spiro atoms. The van der Waals surface area contributed by atoms with E-state index in [-0.39, 0.29) is 6.61 Å². The van der Waals surface area contributed by atoms with Crippen LogP contribution in [0.4, 0.5) is 0 Å². The van der Waals surface area contributed by atoms with Gasteiger partial charge in [0.2, 0.25) is 0 Å². The molecule has 0 aliphatic carbocycles. The largest absolute Gasteiger partial charge is 0.390 e. The number of nitrogens with zero attached hydrogens (tertiary/aromatic N) is 3. The van der Waals surface area contributed by atoms with Gasteiger partial charge in [-0.2, -0.15) is 0 Å². The van der Waals surface area contributed by atoms with Crippen LogP contribution in [0.25, 0.3) is 5.65 Å². The fraction of sp³-hybridized carbons (Fsp3) is 0.250. The van der Waals surface area contributed by atoms with E-state index in [1.54, 1.807) is 6.20 Å². The molecule has 0 fully saturated rings. The lowest BCUT2D eigenvalue weighted by Crippen LogP contribution is -1.99. The lowest BCUT2D eigenvalue weighted by atomic mass is 10.5. The van der Waals surface area contributed by atoms with Crippen molar-refractivity contribution in [2.45, 2.75) is 13.5 Å². The third kappa shape index (κ3) is 1.31. The Labute approximate surface area is 88.8 Å². The standard InChI is InChI=1S/C8H8IN3O/c1-5-10-3-2-7-11-8(9)6(4-13)12(5)7/h2-3,13H,4H2,1H3. The van der Waals surface area contributed by atoms with Crippen molar-refractivity contribution in [2.24, 2.45) is 0 Å². The molecule has 2 aromatic rings. The number of aryl methyl sites for hydroxylation is 1. The average molecular weight is 289 g/mol. The number of fused-ring (bicyclic) bond motifs is 1. The molecule has 0 aliphatic rings. The Morgan fingerprint density at radius 2 is 2.38 bits per heavy atom. The fourth-order valence-electron chi connectivity index (χ4n) is 1.32. The Kier molecular flexibility index (Phi) is 2.20. The molecule has 0 bridgehead atoms. The molecular weight excluding hydrogens is 281 g/mol. The maximum atomic E-state index is 9.14. The van der Waals surface area contributed by atoms with Crippen LogP contribution in [-0.2, 0) is 6.61 Å². The molecule has 0 saturated heterocycles. The zero-order chi connectivity index (χ0) is 9.42. The summed E-state index contributed by atoms with van der Waals surface area (Å²) in [4.78, 5) is 8.43. The van der Waals surface area contributed by atoms with Gasteiger partial charge in [0, 0.05) is 6.20 Å². The number of rotatable bonds is 1. The molecule has 0 radical (unpaired) electrons. The second-order valence-corrected chi connectivity index (χ2v) is 3.71. The van der Waals surface area contributed by atoms with Gasteiger partial charge < -0.3 is 5.11 Å². The molecule has 0 aliphatic heterocycles. The smallest absolute Gasteiger partial charge is 0.141 e. The van der Waals surface area contributed by atoms with Gasteiger partial charge in [-0.3, -0.25) is 4.40 Å². The number of aliphatic hydroxyl groups excluding tert-OH is 1. The van der Waals surface area contributed by atoms with Gasteiger partial charge in [0.15, 0.2) is 0 Å². The third-order valence-electron chi connectivity index (χ3n) is 1.91. The highest BCUT2D eigenvalue weighted by Gasteiger charge is 2.09. The van der Waals surface area contributed by atoms with E-state index in [1.165, 1.54) is 0 Å². The summed E-state index contributed by atoms with van der Waals surface area (Å²) in [5.74, 6) is 0.844. The number of hydrogen-bond donors (Lipinski definition) is 1. The van der Waals surface area contributed by atoms with Gasteiger partial charge in [0.25, 0.3) is 0 Å². The molecule has 1 N–H and O–H groups in total. The first-order chi connectivity index (χ1) is 6.24. The molecule has 0 saturated carbocycles. The van der Waals surface area contributed by atoms with Crippen molar-refractivity contribution in [3.05, 3.63) is 27.5 Å². The minimum absolute atomic E-state index is 0.00796. The van der Waals surface area contributed by atoms with Crippen molar-refractivity contribution < 1.29 is 5.11 Å². The van der Waals surface area contributed by atoms with Crippen LogP contribution < -0.4 is 0 Å². The van der Waals surface area contributed by atoms with Crippen molar-refractivity contribution in [3.8, 4) is 0 Å². The molecule has 2 heterocycles.